The summed E-state index contributed by atoms with van der Waals surface area (Å²) in [5.41, 5.74) is 0.777. The Hall–Kier alpha value is -3.22. The van der Waals surface area contributed by atoms with Crippen molar-refractivity contribution in [2.75, 3.05) is 5.32 Å². The number of aromatic nitrogens is 4. The van der Waals surface area contributed by atoms with Crippen LogP contribution in [0.1, 0.15) is 32.1 Å². The molecule has 1 saturated carbocycles. The minimum atomic E-state index is 0.115. The Bertz CT molecular complexity index is 870. The fourth-order valence-corrected chi connectivity index (χ4v) is 3.24. The fraction of sp³-hybridized carbons (Fsp3) is 0.300. The summed E-state index contributed by atoms with van der Waals surface area (Å²) >= 11 is 0. The van der Waals surface area contributed by atoms with Crippen LogP contribution in [-0.4, -0.2) is 25.7 Å². The zero-order chi connectivity index (χ0) is 18.5. The molecule has 1 aliphatic rings. The van der Waals surface area contributed by atoms with Crippen LogP contribution in [-0.2, 0) is 4.79 Å². The van der Waals surface area contributed by atoms with Crippen LogP contribution in [0.3, 0.4) is 0 Å². The SMILES string of the molecule is O=C(Nc1ccc(Oc2ccc(-n3ccnc3)nn2)cc1)C1CCCCC1. The van der Waals surface area contributed by atoms with Crippen molar-refractivity contribution in [2.45, 2.75) is 32.1 Å². The molecule has 27 heavy (non-hydrogen) atoms. The van der Waals surface area contributed by atoms with Crippen LogP contribution < -0.4 is 10.1 Å². The van der Waals surface area contributed by atoms with Crippen molar-refractivity contribution in [1.82, 2.24) is 19.7 Å². The highest BCUT2D eigenvalue weighted by Gasteiger charge is 2.20. The number of amides is 1. The van der Waals surface area contributed by atoms with Gasteiger partial charge in [0.1, 0.15) is 12.1 Å². The molecule has 2 heterocycles. The number of nitrogens with zero attached hydrogens (tertiary/aromatic N) is 4. The van der Waals surface area contributed by atoms with Gasteiger partial charge in [-0.05, 0) is 43.2 Å². The zero-order valence-corrected chi connectivity index (χ0v) is 14.9. The molecule has 3 aromatic rings. The van der Waals surface area contributed by atoms with Crippen LogP contribution in [0, 0.1) is 5.92 Å². The molecule has 0 bridgehead atoms. The van der Waals surface area contributed by atoms with Gasteiger partial charge in [0.15, 0.2) is 5.82 Å². The van der Waals surface area contributed by atoms with Crippen molar-refractivity contribution >= 4 is 11.6 Å². The van der Waals surface area contributed by atoms with Crippen molar-refractivity contribution in [1.29, 1.82) is 0 Å². The third-order valence-electron chi connectivity index (χ3n) is 4.72. The van der Waals surface area contributed by atoms with Gasteiger partial charge < -0.3 is 10.1 Å². The first-order valence-corrected chi connectivity index (χ1v) is 9.19. The van der Waals surface area contributed by atoms with Gasteiger partial charge in [-0.15, -0.1) is 10.2 Å². The van der Waals surface area contributed by atoms with Crippen molar-refractivity contribution < 1.29 is 9.53 Å². The molecule has 1 fully saturated rings. The summed E-state index contributed by atoms with van der Waals surface area (Å²) in [6.45, 7) is 0. The van der Waals surface area contributed by atoms with Crippen LogP contribution in [0.5, 0.6) is 11.6 Å². The van der Waals surface area contributed by atoms with E-state index in [2.05, 4.69) is 20.5 Å². The molecule has 0 aliphatic heterocycles. The number of hydrogen-bond donors (Lipinski definition) is 1. The number of benzene rings is 1. The van der Waals surface area contributed by atoms with Gasteiger partial charge in [-0.1, -0.05) is 19.3 Å². The smallest absolute Gasteiger partial charge is 0.238 e. The van der Waals surface area contributed by atoms with E-state index >= 15 is 0 Å². The van der Waals surface area contributed by atoms with Gasteiger partial charge in [0.05, 0.1) is 0 Å². The van der Waals surface area contributed by atoms with E-state index in [0.29, 0.717) is 17.4 Å². The second kappa shape index (κ2) is 7.99. The molecule has 0 unspecified atom stereocenters. The number of hydrogen-bond acceptors (Lipinski definition) is 5. The topological polar surface area (TPSA) is 81.9 Å². The Kier molecular flexibility index (Phi) is 5.09. The lowest BCUT2D eigenvalue weighted by atomic mass is 9.88. The second-order valence-electron chi connectivity index (χ2n) is 6.65. The minimum absolute atomic E-state index is 0.115. The Balaban J connectivity index is 1.35. The average molecular weight is 363 g/mol. The van der Waals surface area contributed by atoms with E-state index in [9.17, 15) is 4.79 Å². The van der Waals surface area contributed by atoms with E-state index in [4.69, 9.17) is 4.74 Å². The molecule has 0 saturated heterocycles. The van der Waals surface area contributed by atoms with Crippen LogP contribution >= 0.6 is 0 Å². The van der Waals surface area contributed by atoms with Crippen molar-refractivity contribution in [3.63, 3.8) is 0 Å². The molecule has 1 amide bonds. The lowest BCUT2D eigenvalue weighted by Crippen LogP contribution is -2.24. The summed E-state index contributed by atoms with van der Waals surface area (Å²) in [5, 5.41) is 11.2. The number of nitrogens with one attached hydrogen (secondary N) is 1. The molecule has 1 aliphatic carbocycles. The number of carbonyl (C=O) groups excluding carboxylic acids is 1. The van der Waals surface area contributed by atoms with E-state index < -0.39 is 0 Å². The van der Waals surface area contributed by atoms with Crippen molar-refractivity contribution in [3.05, 3.63) is 55.1 Å². The monoisotopic (exact) mass is 363 g/mol. The maximum atomic E-state index is 12.3. The normalized spacial score (nSPS) is 14.7. The molecule has 7 nitrogen and oxygen atoms in total. The lowest BCUT2D eigenvalue weighted by Gasteiger charge is -2.20. The summed E-state index contributed by atoms with van der Waals surface area (Å²) in [6.07, 6.45) is 10.6. The van der Waals surface area contributed by atoms with Crippen molar-refractivity contribution in [3.8, 4) is 17.4 Å². The third kappa shape index (κ3) is 4.31. The lowest BCUT2D eigenvalue weighted by molar-refractivity contribution is -0.120. The van der Waals surface area contributed by atoms with E-state index in [0.717, 1.165) is 31.4 Å². The van der Waals surface area contributed by atoms with Crippen molar-refractivity contribution in [2.24, 2.45) is 5.92 Å². The zero-order valence-electron chi connectivity index (χ0n) is 14.9. The molecule has 0 atom stereocenters. The van der Waals surface area contributed by atoms with Gasteiger partial charge in [-0.3, -0.25) is 9.36 Å². The van der Waals surface area contributed by atoms with Gasteiger partial charge >= 0.3 is 0 Å². The van der Waals surface area contributed by atoms with Gasteiger partial charge in [0.25, 0.3) is 0 Å². The maximum Gasteiger partial charge on any atom is 0.238 e. The quantitative estimate of drug-likeness (QED) is 0.742. The van der Waals surface area contributed by atoms with Gasteiger partial charge in [0, 0.05) is 30.1 Å². The van der Waals surface area contributed by atoms with Crippen LogP contribution in [0.15, 0.2) is 55.1 Å². The average Bonchev–Trinajstić information content (AvgIpc) is 3.26. The number of carbonyl (C=O) groups is 1. The Morgan fingerprint density at radius 3 is 2.52 bits per heavy atom. The predicted octanol–water partition coefficient (Wildman–Crippen LogP) is 3.97. The molecule has 0 radical (unpaired) electrons. The number of ether oxygens (including phenoxy) is 1. The molecule has 7 heteroatoms. The Morgan fingerprint density at radius 2 is 1.85 bits per heavy atom. The number of imidazole rings is 1. The highest BCUT2D eigenvalue weighted by atomic mass is 16.5. The first kappa shape index (κ1) is 17.2. The Morgan fingerprint density at radius 1 is 1.04 bits per heavy atom. The molecule has 1 aromatic carbocycles. The van der Waals surface area contributed by atoms with E-state index in [1.54, 1.807) is 29.4 Å². The second-order valence-corrected chi connectivity index (χ2v) is 6.65. The van der Waals surface area contributed by atoms with Gasteiger partial charge in [-0.2, -0.15) is 0 Å². The molecular formula is C20H21N5O2. The first-order chi connectivity index (χ1) is 13.3. The van der Waals surface area contributed by atoms with Gasteiger partial charge in [-0.25, -0.2) is 4.98 Å². The summed E-state index contributed by atoms with van der Waals surface area (Å²) in [4.78, 5) is 16.3. The van der Waals surface area contributed by atoms with E-state index in [1.165, 1.54) is 6.42 Å². The minimum Gasteiger partial charge on any atom is -0.438 e. The number of rotatable bonds is 5. The summed E-state index contributed by atoms with van der Waals surface area (Å²) < 4.78 is 7.48. The molecule has 138 valence electrons. The highest BCUT2D eigenvalue weighted by Crippen LogP contribution is 2.26. The van der Waals surface area contributed by atoms with E-state index in [1.807, 2.05) is 30.3 Å². The summed E-state index contributed by atoms with van der Waals surface area (Å²) in [5.74, 6) is 1.96. The summed E-state index contributed by atoms with van der Waals surface area (Å²) in [6, 6.07) is 10.8. The number of anilines is 1. The first-order valence-electron chi connectivity index (χ1n) is 9.19. The van der Waals surface area contributed by atoms with E-state index in [-0.39, 0.29) is 11.8 Å². The largest absolute Gasteiger partial charge is 0.438 e. The summed E-state index contributed by atoms with van der Waals surface area (Å²) in [7, 11) is 0. The Labute approximate surface area is 157 Å². The molecule has 4 rings (SSSR count). The standard InChI is InChI=1S/C20H21N5O2/c26-20(15-4-2-1-3-5-15)22-16-6-8-17(9-7-16)27-19-11-10-18(23-24-19)25-13-12-21-14-25/h6-15H,1-5H2,(H,22,26). The molecule has 1 N–H and O–H groups in total. The van der Waals surface area contributed by atoms with Crippen LogP contribution in [0.2, 0.25) is 0 Å². The highest BCUT2D eigenvalue weighted by molar-refractivity contribution is 5.92. The fourth-order valence-electron chi connectivity index (χ4n) is 3.24. The van der Waals surface area contributed by atoms with Crippen LogP contribution in [0.25, 0.3) is 5.82 Å². The molecule has 2 aromatic heterocycles. The molecule has 0 spiro atoms. The predicted molar refractivity (Wildman–Crippen MR) is 101 cm³/mol. The maximum absolute atomic E-state index is 12.3. The molecular weight excluding hydrogens is 342 g/mol. The third-order valence-corrected chi connectivity index (χ3v) is 4.72. The van der Waals surface area contributed by atoms with Gasteiger partial charge in [0.2, 0.25) is 11.8 Å². The van der Waals surface area contributed by atoms with Crippen LogP contribution in [0.4, 0.5) is 5.69 Å².